The molecule has 0 saturated heterocycles. The number of fused-ring (bicyclic) bond motifs is 2. The zero-order valence-corrected chi connectivity index (χ0v) is 35.7. The summed E-state index contributed by atoms with van der Waals surface area (Å²) < 4.78 is 139. The van der Waals surface area contributed by atoms with Crippen molar-refractivity contribution in [1.82, 2.24) is 38.4 Å². The summed E-state index contributed by atoms with van der Waals surface area (Å²) in [6, 6.07) is 16.1. The number of hydrogen-bond donors (Lipinski definition) is 5. The summed E-state index contributed by atoms with van der Waals surface area (Å²) >= 11 is 0. The van der Waals surface area contributed by atoms with Crippen molar-refractivity contribution in [2.24, 2.45) is 0 Å². The molecule has 0 fully saturated rings. The van der Waals surface area contributed by atoms with Crippen LogP contribution in [-0.4, -0.2) is 79.4 Å². The monoisotopic (exact) mass is 1000 g/mol. The number of benzene rings is 4. The number of nitrogens with one attached hydrogen (secondary N) is 4. The Hall–Kier alpha value is -8.80. The summed E-state index contributed by atoms with van der Waals surface area (Å²) in [5.74, 6) is -2.39. The minimum Gasteiger partial charge on any atom is -0.476 e. The maximum atomic E-state index is 13.8. The minimum absolute atomic E-state index is 0.109. The van der Waals surface area contributed by atoms with Crippen LogP contribution in [0.4, 0.5) is 26.3 Å². The quantitative estimate of drug-likeness (QED) is 0.0972. The second kappa shape index (κ2) is 17.8. The molecule has 30 heteroatoms. The molecule has 0 saturated carbocycles. The predicted octanol–water partition coefficient (Wildman–Crippen LogP) is 3.14. The predicted molar refractivity (Wildman–Crippen MR) is 226 cm³/mol. The fraction of sp³-hybridized carbons (Fsp3) is 0.0769. The Morgan fingerprint density at radius 1 is 0.623 bits per heavy atom. The molecule has 0 atom stereocenters. The molecule has 0 aliphatic carbocycles. The number of aromatic amines is 2. The second-order valence-electron chi connectivity index (χ2n) is 13.9. The first-order valence-electron chi connectivity index (χ1n) is 18.7. The van der Waals surface area contributed by atoms with Gasteiger partial charge in [-0.1, -0.05) is 36.4 Å². The molecule has 5 N–H and O–H groups in total. The third-order valence-electron chi connectivity index (χ3n) is 9.50. The first-order valence-corrected chi connectivity index (χ1v) is 21.6. The average molecular weight is 1000 g/mol. The van der Waals surface area contributed by atoms with Crippen molar-refractivity contribution in [3.05, 3.63) is 174 Å². The molecule has 8 rings (SSSR count). The second-order valence-corrected chi connectivity index (χ2v) is 17.2. The number of carbonyl (C=O) groups excluding carboxylic acids is 1. The van der Waals surface area contributed by atoms with E-state index in [0.29, 0.717) is 12.1 Å². The van der Waals surface area contributed by atoms with Gasteiger partial charge in [-0.05, 0) is 48.5 Å². The maximum absolute atomic E-state index is 13.8. The molecule has 0 unspecified atom stereocenters. The number of rotatable bonds is 10. The highest BCUT2D eigenvalue weighted by Crippen LogP contribution is 2.37. The zero-order valence-electron chi connectivity index (χ0n) is 34.1. The Morgan fingerprint density at radius 2 is 1.00 bits per heavy atom. The van der Waals surface area contributed by atoms with E-state index in [1.807, 2.05) is 9.82 Å². The van der Waals surface area contributed by atoms with Gasteiger partial charge in [0.2, 0.25) is 0 Å². The highest BCUT2D eigenvalue weighted by Gasteiger charge is 2.37. The largest absolute Gasteiger partial charge is 0.476 e. The van der Waals surface area contributed by atoms with Crippen LogP contribution in [-0.2, 0) is 37.1 Å². The average Bonchev–Trinajstić information content (AvgIpc) is 4.01. The summed E-state index contributed by atoms with van der Waals surface area (Å²) in [6.07, 6.45) is -6.41. The van der Waals surface area contributed by atoms with Crippen LogP contribution in [0.1, 0.15) is 32.1 Å². The highest BCUT2D eigenvalue weighted by atomic mass is 32.2. The van der Waals surface area contributed by atoms with Gasteiger partial charge in [-0.3, -0.25) is 9.59 Å². The smallest absolute Gasteiger partial charge is 0.418 e. The van der Waals surface area contributed by atoms with E-state index in [4.69, 9.17) is 5.11 Å². The molecule has 0 radical (unpaired) electrons. The summed E-state index contributed by atoms with van der Waals surface area (Å²) in [5, 5.41) is 8.07. The Balaban J connectivity index is 0.000000204. The number of carboxylic acids is 1. The molecule has 4 aromatic carbocycles. The van der Waals surface area contributed by atoms with Crippen molar-refractivity contribution in [2.75, 3.05) is 16.8 Å². The standard InChI is InChI=1S/C20H14F3N5O6S.C19H12F3N5O6S/c1-34-18(30)15-9-27(10-24-15)16-7-12-14(8-13(16)20(21,22)23)25-19(31)28(17(12)29)26-35(32,33)11-5-3-2-4-6-11;20-19(21,22)12-7-13-11(6-15(12)26-8-14(17(29)30)23-9-26)16(28)27(18(31)24-13)25-34(32,33)10-4-2-1-3-5-10/h2-10,26H,1H3,(H,25,31);1-9,25H,(H,24,31)(H,29,30). The molecule has 0 bridgehead atoms. The van der Waals surface area contributed by atoms with Crippen LogP contribution in [0.3, 0.4) is 0 Å². The molecule has 4 heterocycles. The highest BCUT2D eigenvalue weighted by molar-refractivity contribution is 7.92. The topological polar surface area (TPSA) is 301 Å². The first kappa shape index (κ1) is 48.1. The Labute approximate surface area is 378 Å². The number of halogens is 6. The van der Waals surface area contributed by atoms with Gasteiger partial charge in [0.1, 0.15) is 12.7 Å². The van der Waals surface area contributed by atoms with Gasteiger partial charge in [0.05, 0.1) is 61.2 Å². The van der Waals surface area contributed by atoms with Crippen LogP contribution in [0.15, 0.2) is 139 Å². The van der Waals surface area contributed by atoms with Crippen LogP contribution in [0.25, 0.3) is 33.2 Å². The molecule has 0 amide bonds. The maximum Gasteiger partial charge on any atom is 0.418 e. The van der Waals surface area contributed by atoms with Crippen molar-refractivity contribution in [1.29, 1.82) is 0 Å². The number of alkyl halides is 6. The van der Waals surface area contributed by atoms with Crippen LogP contribution in [0.5, 0.6) is 0 Å². The van der Waals surface area contributed by atoms with Crippen LogP contribution in [0, 0.1) is 0 Å². The number of imidazole rings is 2. The molecular weight excluding hydrogens is 979 g/mol. The number of H-pyrrole nitrogens is 2. The van der Waals surface area contributed by atoms with E-state index < -0.39 is 117 Å². The molecule has 69 heavy (non-hydrogen) atoms. The van der Waals surface area contributed by atoms with Gasteiger partial charge in [-0.2, -0.15) is 52.5 Å². The molecule has 0 aliphatic rings. The zero-order chi connectivity index (χ0) is 50.4. The number of hydrogen-bond acceptors (Lipinski definition) is 13. The number of nitrogens with zero attached hydrogens (tertiary/aromatic N) is 6. The number of methoxy groups -OCH3 is 1. The van der Waals surface area contributed by atoms with Crippen molar-refractivity contribution in [2.45, 2.75) is 22.1 Å². The Bertz CT molecular complexity index is 3830. The summed E-state index contributed by atoms with van der Waals surface area (Å²) in [7, 11) is -7.71. The van der Waals surface area contributed by atoms with Gasteiger partial charge in [0.25, 0.3) is 31.2 Å². The molecule has 0 aliphatic heterocycles. The van der Waals surface area contributed by atoms with Crippen molar-refractivity contribution < 1.29 is 62.6 Å². The molecule has 8 aromatic rings. The van der Waals surface area contributed by atoms with E-state index >= 15 is 0 Å². The summed E-state index contributed by atoms with van der Waals surface area (Å²) in [4.78, 5) is 87.9. The lowest BCUT2D eigenvalue weighted by Crippen LogP contribution is -2.43. The van der Waals surface area contributed by atoms with Crippen molar-refractivity contribution in [3.63, 3.8) is 0 Å². The molecule has 358 valence electrons. The number of carbonyl (C=O) groups is 2. The summed E-state index contributed by atoms with van der Waals surface area (Å²) in [5.41, 5.74) is -10.8. The molecular formula is C39H26F6N10O12S2. The van der Waals surface area contributed by atoms with E-state index in [9.17, 15) is 71.9 Å². The number of aromatic carboxylic acids is 1. The molecule has 22 nitrogen and oxygen atoms in total. The first-order chi connectivity index (χ1) is 32.3. The lowest BCUT2D eigenvalue weighted by atomic mass is 10.1. The Kier molecular flexibility index (Phi) is 12.4. The summed E-state index contributed by atoms with van der Waals surface area (Å²) in [6.45, 7) is 0. The number of aromatic nitrogens is 8. The van der Waals surface area contributed by atoms with Gasteiger partial charge in [-0.15, -0.1) is 0 Å². The third-order valence-corrected chi connectivity index (χ3v) is 12.1. The normalized spacial score (nSPS) is 12.0. The Morgan fingerprint density at radius 3 is 1.35 bits per heavy atom. The van der Waals surface area contributed by atoms with E-state index in [1.54, 1.807) is 17.0 Å². The number of ether oxygens (including phenoxy) is 1. The van der Waals surface area contributed by atoms with E-state index in [0.717, 1.165) is 53.4 Å². The van der Waals surface area contributed by atoms with Gasteiger partial charge >= 0.3 is 35.7 Å². The van der Waals surface area contributed by atoms with Gasteiger partial charge in [0, 0.05) is 12.4 Å². The van der Waals surface area contributed by atoms with Gasteiger partial charge < -0.3 is 28.9 Å². The number of esters is 1. The van der Waals surface area contributed by atoms with E-state index in [2.05, 4.69) is 19.7 Å². The van der Waals surface area contributed by atoms with Crippen LogP contribution < -0.4 is 32.2 Å². The van der Waals surface area contributed by atoms with E-state index in [-0.39, 0.29) is 24.8 Å². The van der Waals surface area contributed by atoms with Crippen molar-refractivity contribution >= 4 is 53.8 Å². The minimum atomic E-state index is -4.96. The fourth-order valence-electron chi connectivity index (χ4n) is 6.33. The number of sulfonamides is 2. The molecule has 4 aromatic heterocycles. The van der Waals surface area contributed by atoms with Crippen molar-refractivity contribution in [3.8, 4) is 11.4 Å². The molecule has 0 spiro atoms. The lowest BCUT2D eigenvalue weighted by Gasteiger charge is -2.15. The SMILES string of the molecule is COC(=O)c1cn(-c2cc3c(=O)n(NS(=O)(=O)c4ccccc4)c(=O)[nH]c3cc2C(F)(F)F)cn1.O=C(O)c1cn(-c2cc3c(=O)n(NS(=O)(=O)c4ccccc4)c(=O)[nH]c3cc2C(F)(F)F)cn1. The van der Waals surface area contributed by atoms with Gasteiger partial charge in [0.15, 0.2) is 11.4 Å². The van der Waals surface area contributed by atoms with Crippen LogP contribution in [0.2, 0.25) is 0 Å². The lowest BCUT2D eigenvalue weighted by molar-refractivity contribution is -0.138. The van der Waals surface area contributed by atoms with Gasteiger partial charge in [-0.25, -0.2) is 38.8 Å². The third kappa shape index (κ3) is 9.72. The number of carboxylic acid groups (broad SMARTS) is 1. The van der Waals surface area contributed by atoms with E-state index in [1.165, 1.54) is 48.5 Å². The van der Waals surface area contributed by atoms with Crippen LogP contribution >= 0.6 is 0 Å². The fourth-order valence-corrected chi connectivity index (χ4v) is 8.38.